The van der Waals surface area contributed by atoms with Crippen molar-refractivity contribution >= 4 is 30.0 Å². The molecule has 0 atom stereocenters. The molecule has 0 amide bonds. The number of H-pyrrole nitrogens is 1. The molecule has 0 radical (unpaired) electrons. The van der Waals surface area contributed by atoms with Crippen molar-refractivity contribution in [1.29, 1.82) is 0 Å². The minimum Gasteiger partial charge on any atom is -0.486 e. The zero-order valence-corrected chi connectivity index (χ0v) is 15.4. The summed E-state index contributed by atoms with van der Waals surface area (Å²) >= 11 is 11.1. The first-order valence-electron chi connectivity index (χ1n) is 7.92. The van der Waals surface area contributed by atoms with E-state index in [-0.39, 0.29) is 6.61 Å². The number of rotatable bonds is 6. The van der Waals surface area contributed by atoms with Crippen molar-refractivity contribution < 1.29 is 13.6 Å². The number of hydrogen-bond donors (Lipinski definition) is 1. The zero-order valence-electron chi connectivity index (χ0n) is 13.8. The molecule has 4 rings (SSSR count). The van der Waals surface area contributed by atoms with Crippen molar-refractivity contribution in [2.24, 2.45) is 5.10 Å². The van der Waals surface area contributed by atoms with Crippen LogP contribution >= 0.6 is 23.8 Å². The molecule has 1 N–H and O–H groups in total. The standard InChI is InChI=1S/C18H13ClN4O3S/c19-12-3-5-13(6-4-12)25-11-15-8-7-14(26-15)10-20-23-17(21-22-18(23)27)16-2-1-9-24-16/h1-10H,11H2,(H,22,27)/b20-10-. The summed E-state index contributed by atoms with van der Waals surface area (Å²) in [5.74, 6) is 2.94. The SMILES string of the molecule is S=c1[nH]nc(-c2ccco2)n1/N=C\c1ccc(COc2ccc(Cl)cc2)o1. The number of nitrogens with one attached hydrogen (secondary N) is 1. The van der Waals surface area contributed by atoms with Crippen molar-refractivity contribution in [2.75, 3.05) is 0 Å². The molecule has 136 valence electrons. The molecule has 0 fully saturated rings. The molecule has 0 spiro atoms. The smallest absolute Gasteiger partial charge is 0.219 e. The van der Waals surface area contributed by atoms with Gasteiger partial charge in [0.15, 0.2) is 5.76 Å². The molecule has 3 heterocycles. The maximum Gasteiger partial charge on any atom is 0.219 e. The normalized spacial score (nSPS) is 11.3. The summed E-state index contributed by atoms with van der Waals surface area (Å²) in [5.41, 5.74) is 0. The number of furan rings is 2. The molecule has 27 heavy (non-hydrogen) atoms. The summed E-state index contributed by atoms with van der Waals surface area (Å²) in [6.45, 7) is 0.290. The Bertz CT molecular complexity index is 1110. The van der Waals surface area contributed by atoms with Crippen LogP contribution in [0.1, 0.15) is 11.5 Å². The molecule has 4 aromatic rings. The van der Waals surface area contributed by atoms with Crippen LogP contribution in [0.4, 0.5) is 0 Å². The van der Waals surface area contributed by atoms with Gasteiger partial charge in [0.05, 0.1) is 12.5 Å². The van der Waals surface area contributed by atoms with Gasteiger partial charge in [0, 0.05) is 5.02 Å². The zero-order chi connectivity index (χ0) is 18.6. The number of aromatic amines is 1. The van der Waals surface area contributed by atoms with Gasteiger partial charge in [-0.1, -0.05) is 11.6 Å². The van der Waals surface area contributed by atoms with Gasteiger partial charge in [0.1, 0.15) is 23.9 Å². The van der Waals surface area contributed by atoms with Gasteiger partial charge in [0.2, 0.25) is 10.6 Å². The Hall–Kier alpha value is -3.10. The Morgan fingerprint density at radius 3 is 2.85 bits per heavy atom. The lowest BCUT2D eigenvalue weighted by Gasteiger charge is -2.03. The van der Waals surface area contributed by atoms with Crippen molar-refractivity contribution in [2.45, 2.75) is 6.61 Å². The maximum atomic E-state index is 5.85. The Morgan fingerprint density at radius 1 is 1.22 bits per heavy atom. The molecular weight excluding hydrogens is 388 g/mol. The second-order valence-corrected chi connectivity index (χ2v) is 6.26. The lowest BCUT2D eigenvalue weighted by molar-refractivity contribution is 0.270. The van der Waals surface area contributed by atoms with Crippen LogP contribution in [0.25, 0.3) is 11.6 Å². The summed E-state index contributed by atoms with van der Waals surface area (Å²) in [4.78, 5) is 0. The van der Waals surface area contributed by atoms with E-state index in [1.165, 1.54) is 4.68 Å². The summed E-state index contributed by atoms with van der Waals surface area (Å²) in [6.07, 6.45) is 3.10. The van der Waals surface area contributed by atoms with E-state index in [0.29, 0.717) is 38.6 Å². The van der Waals surface area contributed by atoms with E-state index in [1.807, 2.05) is 6.07 Å². The fourth-order valence-corrected chi connectivity index (χ4v) is 2.61. The molecule has 1 aromatic carbocycles. The molecule has 0 bridgehead atoms. The average Bonchev–Trinajstić information content (AvgIpc) is 3.41. The van der Waals surface area contributed by atoms with Gasteiger partial charge < -0.3 is 13.6 Å². The molecule has 9 heteroatoms. The van der Waals surface area contributed by atoms with Crippen LogP contribution in [0.3, 0.4) is 0 Å². The van der Waals surface area contributed by atoms with Crippen LogP contribution in [0.15, 0.2) is 68.7 Å². The Morgan fingerprint density at radius 2 is 2.07 bits per heavy atom. The van der Waals surface area contributed by atoms with Crippen LogP contribution in [-0.2, 0) is 6.61 Å². The number of benzene rings is 1. The van der Waals surface area contributed by atoms with Gasteiger partial charge in [-0.3, -0.25) is 0 Å². The van der Waals surface area contributed by atoms with Gasteiger partial charge in [-0.25, -0.2) is 5.10 Å². The van der Waals surface area contributed by atoms with E-state index >= 15 is 0 Å². The van der Waals surface area contributed by atoms with E-state index < -0.39 is 0 Å². The molecule has 0 saturated heterocycles. The van der Waals surface area contributed by atoms with Gasteiger partial charge in [-0.15, -0.1) is 5.10 Å². The van der Waals surface area contributed by atoms with Gasteiger partial charge in [-0.2, -0.15) is 9.78 Å². The Labute approximate surface area is 163 Å². The molecule has 0 unspecified atom stereocenters. The third kappa shape index (κ3) is 4.02. The van der Waals surface area contributed by atoms with E-state index in [1.54, 1.807) is 54.9 Å². The van der Waals surface area contributed by atoms with Crippen molar-refractivity contribution in [3.05, 3.63) is 76.1 Å². The van der Waals surface area contributed by atoms with Crippen LogP contribution < -0.4 is 4.74 Å². The van der Waals surface area contributed by atoms with E-state index in [0.717, 1.165) is 0 Å². The number of halogens is 1. The number of ether oxygens (including phenoxy) is 1. The van der Waals surface area contributed by atoms with Gasteiger partial charge in [0.25, 0.3) is 0 Å². The lowest BCUT2D eigenvalue weighted by atomic mass is 10.3. The molecule has 3 aromatic heterocycles. The fourth-order valence-electron chi connectivity index (χ4n) is 2.31. The second-order valence-electron chi connectivity index (χ2n) is 5.43. The minimum absolute atomic E-state index is 0.290. The highest BCUT2D eigenvalue weighted by molar-refractivity contribution is 7.71. The maximum absolute atomic E-state index is 5.85. The topological polar surface area (TPSA) is 81.5 Å². The third-order valence-electron chi connectivity index (χ3n) is 3.57. The van der Waals surface area contributed by atoms with Crippen LogP contribution in [-0.4, -0.2) is 21.1 Å². The largest absolute Gasteiger partial charge is 0.486 e. The Kier molecular flexibility index (Phi) is 4.91. The summed E-state index contributed by atoms with van der Waals surface area (Å²) in [5, 5.41) is 11.8. The first kappa shape index (κ1) is 17.3. The summed E-state index contributed by atoms with van der Waals surface area (Å²) in [6, 6.07) is 14.3. The van der Waals surface area contributed by atoms with Crippen molar-refractivity contribution in [3.8, 4) is 17.3 Å². The molecule has 0 aliphatic carbocycles. The highest BCUT2D eigenvalue weighted by Crippen LogP contribution is 2.19. The molecule has 7 nitrogen and oxygen atoms in total. The first-order valence-corrected chi connectivity index (χ1v) is 8.70. The molecule has 0 saturated carbocycles. The highest BCUT2D eigenvalue weighted by atomic mass is 35.5. The highest BCUT2D eigenvalue weighted by Gasteiger charge is 2.10. The van der Waals surface area contributed by atoms with Crippen LogP contribution in [0.2, 0.25) is 5.02 Å². The minimum atomic E-state index is 0.290. The third-order valence-corrected chi connectivity index (χ3v) is 4.09. The Balaban J connectivity index is 1.46. The molecule has 0 aliphatic heterocycles. The number of hydrogen-bond acceptors (Lipinski definition) is 6. The number of aromatic nitrogens is 3. The van der Waals surface area contributed by atoms with E-state index in [2.05, 4.69) is 15.3 Å². The predicted octanol–water partition coefficient (Wildman–Crippen LogP) is 4.91. The average molecular weight is 401 g/mol. The van der Waals surface area contributed by atoms with Crippen LogP contribution in [0.5, 0.6) is 5.75 Å². The predicted molar refractivity (Wildman–Crippen MR) is 103 cm³/mol. The monoisotopic (exact) mass is 400 g/mol. The quantitative estimate of drug-likeness (QED) is 0.367. The lowest BCUT2D eigenvalue weighted by Crippen LogP contribution is -1.94. The van der Waals surface area contributed by atoms with Crippen molar-refractivity contribution in [3.63, 3.8) is 0 Å². The molecular formula is C18H13ClN4O3S. The first-order chi connectivity index (χ1) is 13.2. The van der Waals surface area contributed by atoms with Gasteiger partial charge >= 0.3 is 0 Å². The van der Waals surface area contributed by atoms with Crippen LogP contribution in [0, 0.1) is 4.77 Å². The van der Waals surface area contributed by atoms with E-state index in [9.17, 15) is 0 Å². The fraction of sp³-hybridized carbons (Fsp3) is 0.0556. The van der Waals surface area contributed by atoms with Gasteiger partial charge in [-0.05, 0) is 60.7 Å². The summed E-state index contributed by atoms with van der Waals surface area (Å²) in [7, 11) is 0. The summed E-state index contributed by atoms with van der Waals surface area (Å²) < 4.78 is 18.5. The second kappa shape index (κ2) is 7.65. The molecule has 0 aliphatic rings. The van der Waals surface area contributed by atoms with Crippen molar-refractivity contribution in [1.82, 2.24) is 14.9 Å². The number of nitrogens with zero attached hydrogens (tertiary/aromatic N) is 3. The van der Waals surface area contributed by atoms with E-state index in [4.69, 9.17) is 37.4 Å².